The van der Waals surface area contributed by atoms with Crippen molar-refractivity contribution in [1.29, 1.82) is 0 Å². The molecule has 4 nitrogen and oxygen atoms in total. The summed E-state index contributed by atoms with van der Waals surface area (Å²) in [4.78, 5) is 18.8. The maximum absolute atomic E-state index is 13.0. The van der Waals surface area contributed by atoms with Crippen LogP contribution in [0.25, 0.3) is 10.4 Å². The lowest BCUT2D eigenvalue weighted by Crippen LogP contribution is -2.43. The number of amides is 1. The molecule has 2 aliphatic rings. The Hall–Kier alpha value is -1.99. The van der Waals surface area contributed by atoms with Crippen LogP contribution in [0, 0.1) is 0 Å². The van der Waals surface area contributed by atoms with Gasteiger partial charge in [-0.15, -0.1) is 22.7 Å². The quantitative estimate of drug-likeness (QED) is 0.661. The molecule has 3 heterocycles. The third-order valence-electron chi connectivity index (χ3n) is 5.77. The first kappa shape index (κ1) is 19.0. The highest BCUT2D eigenvalue weighted by Crippen LogP contribution is 2.39. The predicted molar refractivity (Wildman–Crippen MR) is 119 cm³/mol. The van der Waals surface area contributed by atoms with Gasteiger partial charge in [-0.05, 0) is 47.0 Å². The number of carbonyl (C=O) groups excluding carboxylic acids is 1. The largest absolute Gasteiger partial charge is 0.379 e. The van der Waals surface area contributed by atoms with Gasteiger partial charge in [0.05, 0.1) is 24.1 Å². The van der Waals surface area contributed by atoms with Gasteiger partial charge in [0.15, 0.2) is 0 Å². The molecule has 1 amide bonds. The average molecular weight is 425 g/mol. The van der Waals surface area contributed by atoms with E-state index in [1.54, 1.807) is 22.7 Å². The third kappa shape index (κ3) is 3.90. The molecular weight excluding hydrogens is 400 g/mol. The van der Waals surface area contributed by atoms with Crippen molar-refractivity contribution < 1.29 is 9.53 Å². The van der Waals surface area contributed by atoms with Crippen LogP contribution in [0.5, 0.6) is 0 Å². The summed E-state index contributed by atoms with van der Waals surface area (Å²) < 4.78 is 5.51. The summed E-state index contributed by atoms with van der Waals surface area (Å²) in [6, 6.07) is 15.1. The number of hydrogen-bond acceptors (Lipinski definition) is 5. The molecule has 0 radical (unpaired) electrons. The molecule has 1 saturated heterocycles. The van der Waals surface area contributed by atoms with E-state index in [0.29, 0.717) is 6.54 Å². The first-order valence-corrected chi connectivity index (χ1v) is 11.8. The average Bonchev–Trinajstić information content (AvgIpc) is 3.45. The summed E-state index contributed by atoms with van der Waals surface area (Å²) in [5.74, 6) is 0.0386. The van der Waals surface area contributed by atoms with E-state index in [2.05, 4.69) is 58.1 Å². The Morgan fingerprint density at radius 2 is 1.93 bits per heavy atom. The van der Waals surface area contributed by atoms with Crippen molar-refractivity contribution in [3.8, 4) is 10.4 Å². The molecule has 1 N–H and O–H groups in total. The minimum atomic E-state index is 0.0386. The summed E-state index contributed by atoms with van der Waals surface area (Å²) in [6.45, 7) is 3.95. The van der Waals surface area contributed by atoms with Crippen LogP contribution in [0.2, 0.25) is 0 Å². The van der Waals surface area contributed by atoms with Crippen molar-refractivity contribution in [3.05, 3.63) is 68.7 Å². The van der Waals surface area contributed by atoms with Crippen molar-refractivity contribution in [2.75, 3.05) is 32.8 Å². The fraction of sp³-hybridized carbons (Fsp3) is 0.348. The van der Waals surface area contributed by atoms with Crippen molar-refractivity contribution >= 4 is 28.6 Å². The first-order valence-electron chi connectivity index (χ1n) is 10.1. The molecule has 1 atom stereocenters. The summed E-state index contributed by atoms with van der Waals surface area (Å²) >= 11 is 3.38. The molecule has 1 fully saturated rings. The number of hydrogen-bond donors (Lipinski definition) is 1. The number of fused-ring (bicyclic) bond motifs is 3. The second kappa shape index (κ2) is 8.40. The molecule has 6 heteroatoms. The summed E-state index contributed by atoms with van der Waals surface area (Å²) in [7, 11) is 0. The molecule has 2 aromatic heterocycles. The number of morpholine rings is 1. The Bertz CT molecular complexity index is 990. The summed E-state index contributed by atoms with van der Waals surface area (Å²) in [5, 5.41) is 5.32. The van der Waals surface area contributed by atoms with Gasteiger partial charge in [-0.2, -0.15) is 0 Å². The smallest absolute Gasteiger partial charge is 0.261 e. The Kier molecular flexibility index (Phi) is 5.50. The van der Waals surface area contributed by atoms with Crippen LogP contribution < -0.4 is 5.32 Å². The van der Waals surface area contributed by atoms with E-state index in [1.165, 1.54) is 26.4 Å². The Labute approximate surface area is 179 Å². The number of aryl methyl sites for hydroxylation is 2. The summed E-state index contributed by atoms with van der Waals surface area (Å²) in [6.07, 6.45) is 2.07. The fourth-order valence-electron chi connectivity index (χ4n) is 4.24. The maximum atomic E-state index is 13.0. The van der Waals surface area contributed by atoms with E-state index in [0.717, 1.165) is 44.0 Å². The van der Waals surface area contributed by atoms with Gasteiger partial charge in [-0.3, -0.25) is 9.69 Å². The molecule has 29 heavy (non-hydrogen) atoms. The van der Waals surface area contributed by atoms with Gasteiger partial charge in [0.1, 0.15) is 0 Å². The molecule has 3 aromatic rings. The highest BCUT2D eigenvalue weighted by atomic mass is 32.1. The zero-order valence-electron chi connectivity index (χ0n) is 16.2. The highest BCUT2D eigenvalue weighted by molar-refractivity contribution is 7.17. The van der Waals surface area contributed by atoms with Gasteiger partial charge >= 0.3 is 0 Å². The van der Waals surface area contributed by atoms with E-state index in [9.17, 15) is 4.79 Å². The lowest BCUT2D eigenvalue weighted by atomic mass is 9.91. The normalized spacial score (nSPS) is 17.4. The number of nitrogens with zero attached hydrogens (tertiary/aromatic N) is 1. The van der Waals surface area contributed by atoms with Gasteiger partial charge in [0, 0.05) is 29.4 Å². The first-order chi connectivity index (χ1) is 14.3. The van der Waals surface area contributed by atoms with Gasteiger partial charge in [-0.25, -0.2) is 0 Å². The molecule has 0 spiro atoms. The fourth-order valence-corrected chi connectivity index (χ4v) is 6.29. The Morgan fingerprint density at radius 3 is 2.76 bits per heavy atom. The van der Waals surface area contributed by atoms with E-state index in [-0.39, 0.29) is 11.9 Å². The Balaban J connectivity index is 1.32. The molecule has 0 saturated carbocycles. The molecule has 150 valence electrons. The zero-order chi connectivity index (χ0) is 19.6. The minimum absolute atomic E-state index is 0.0386. The Morgan fingerprint density at radius 1 is 1.10 bits per heavy atom. The summed E-state index contributed by atoms with van der Waals surface area (Å²) in [5.41, 5.74) is 3.99. The van der Waals surface area contributed by atoms with E-state index in [4.69, 9.17) is 4.74 Å². The van der Waals surface area contributed by atoms with Crippen LogP contribution in [0.15, 0.2) is 47.8 Å². The maximum Gasteiger partial charge on any atom is 0.261 e. The van der Waals surface area contributed by atoms with Gasteiger partial charge in [0.2, 0.25) is 0 Å². The predicted octanol–water partition coefficient (Wildman–Crippen LogP) is 4.38. The second-order valence-electron chi connectivity index (χ2n) is 7.51. The number of nitrogens with one attached hydrogen (secondary N) is 1. The van der Waals surface area contributed by atoms with Crippen molar-refractivity contribution in [1.82, 2.24) is 10.2 Å². The minimum Gasteiger partial charge on any atom is -0.379 e. The molecule has 1 unspecified atom stereocenters. The van der Waals surface area contributed by atoms with E-state index in [1.807, 2.05) is 0 Å². The number of rotatable bonds is 5. The lowest BCUT2D eigenvalue weighted by molar-refractivity contribution is 0.0169. The molecule has 1 aliphatic heterocycles. The van der Waals surface area contributed by atoms with Crippen LogP contribution in [-0.2, 0) is 17.6 Å². The number of carbonyl (C=O) groups is 1. The molecule has 5 rings (SSSR count). The molecule has 1 aromatic carbocycles. The third-order valence-corrected chi connectivity index (χ3v) is 7.96. The lowest BCUT2D eigenvalue weighted by Gasteiger charge is -2.34. The van der Waals surface area contributed by atoms with Crippen LogP contribution in [0.4, 0.5) is 0 Å². The van der Waals surface area contributed by atoms with Crippen molar-refractivity contribution in [3.63, 3.8) is 0 Å². The van der Waals surface area contributed by atoms with Gasteiger partial charge < -0.3 is 10.1 Å². The molecule has 0 bridgehead atoms. The zero-order valence-corrected chi connectivity index (χ0v) is 17.9. The highest BCUT2D eigenvalue weighted by Gasteiger charge is 2.25. The van der Waals surface area contributed by atoms with Crippen LogP contribution in [0.3, 0.4) is 0 Å². The van der Waals surface area contributed by atoms with E-state index < -0.39 is 0 Å². The monoisotopic (exact) mass is 424 g/mol. The van der Waals surface area contributed by atoms with Gasteiger partial charge in [-0.1, -0.05) is 30.3 Å². The van der Waals surface area contributed by atoms with Crippen molar-refractivity contribution in [2.24, 2.45) is 0 Å². The van der Waals surface area contributed by atoms with Crippen LogP contribution in [0.1, 0.15) is 31.7 Å². The topological polar surface area (TPSA) is 41.6 Å². The number of benzene rings is 1. The van der Waals surface area contributed by atoms with Crippen molar-refractivity contribution in [2.45, 2.75) is 18.9 Å². The van der Waals surface area contributed by atoms with E-state index >= 15 is 0 Å². The van der Waals surface area contributed by atoms with Gasteiger partial charge in [0.25, 0.3) is 5.91 Å². The molecule has 1 aliphatic carbocycles. The number of ether oxygens (including phenoxy) is 1. The standard InChI is InChI=1S/C23H24N2O2S2/c26-23(21-14-17-8-7-16-4-1-2-5-18(16)22(17)29-21)24-15-19(20-6-3-13-28-20)25-9-11-27-12-10-25/h1-6,13-14,19H,7-12,15H2,(H,24,26). The van der Waals surface area contributed by atoms with Crippen LogP contribution >= 0.6 is 22.7 Å². The SMILES string of the molecule is O=C(NCC(c1cccs1)N1CCOCC1)c1cc2c(s1)-c1ccccc1CC2. The second-order valence-corrected chi connectivity index (χ2v) is 9.54. The number of thiophene rings is 2. The molecular formula is C23H24N2O2S2. The van der Waals surface area contributed by atoms with Crippen LogP contribution in [-0.4, -0.2) is 43.7 Å².